The molecular weight excluding hydrogens is 263 g/mol. The Labute approximate surface area is 117 Å². The molecule has 1 amide bonds. The highest BCUT2D eigenvalue weighted by atomic mass is 19.1. The molecule has 1 aromatic carbocycles. The number of hydrogen-bond donors (Lipinski definition) is 2. The van der Waals surface area contributed by atoms with Crippen LogP contribution in [0.3, 0.4) is 0 Å². The third-order valence-electron chi connectivity index (χ3n) is 3.40. The Bertz CT molecular complexity index is 481. The van der Waals surface area contributed by atoms with E-state index in [0.717, 1.165) is 0 Å². The number of carbonyl (C=O) groups excluding carboxylic acids is 1. The third kappa shape index (κ3) is 3.53. The lowest BCUT2D eigenvalue weighted by Crippen LogP contribution is -2.43. The van der Waals surface area contributed by atoms with Crippen LogP contribution in [0.4, 0.5) is 10.1 Å². The van der Waals surface area contributed by atoms with E-state index in [-0.39, 0.29) is 30.4 Å². The van der Waals surface area contributed by atoms with Crippen molar-refractivity contribution in [2.45, 2.75) is 19.1 Å². The first-order chi connectivity index (χ1) is 9.61. The molecule has 0 spiro atoms. The predicted octanol–water partition coefficient (Wildman–Crippen LogP) is 1.08. The smallest absolute Gasteiger partial charge is 0.238 e. The van der Waals surface area contributed by atoms with Gasteiger partial charge in [-0.15, -0.1) is 0 Å². The van der Waals surface area contributed by atoms with E-state index in [9.17, 15) is 9.18 Å². The van der Waals surface area contributed by atoms with E-state index in [1.54, 1.807) is 26.2 Å². The first kappa shape index (κ1) is 14.9. The summed E-state index contributed by atoms with van der Waals surface area (Å²) in [6.45, 7) is 2.80. The number of amides is 1. The Kier molecular flexibility index (Phi) is 5.05. The molecule has 1 aliphatic rings. The predicted molar refractivity (Wildman–Crippen MR) is 73.2 cm³/mol. The fraction of sp³-hybridized carbons (Fsp3) is 0.500. The first-order valence-electron chi connectivity index (χ1n) is 6.50. The maximum atomic E-state index is 13.4. The van der Waals surface area contributed by atoms with E-state index >= 15 is 0 Å². The van der Waals surface area contributed by atoms with Gasteiger partial charge in [0.1, 0.15) is 5.82 Å². The summed E-state index contributed by atoms with van der Waals surface area (Å²) in [5, 5.41) is 5.77. The van der Waals surface area contributed by atoms with Crippen LogP contribution in [-0.4, -0.2) is 44.9 Å². The molecule has 0 aliphatic carbocycles. The SMILES string of the molecule is CO[C@@H]1COC[C@H]1NCC(=O)Nc1cccc(F)c1C. The summed E-state index contributed by atoms with van der Waals surface area (Å²) in [6, 6.07) is 4.60. The second-order valence-electron chi connectivity index (χ2n) is 4.76. The first-order valence-corrected chi connectivity index (χ1v) is 6.50. The van der Waals surface area contributed by atoms with Gasteiger partial charge in [-0.1, -0.05) is 6.07 Å². The molecule has 0 aromatic heterocycles. The molecule has 2 N–H and O–H groups in total. The van der Waals surface area contributed by atoms with Crippen molar-refractivity contribution in [2.24, 2.45) is 0 Å². The number of rotatable bonds is 5. The van der Waals surface area contributed by atoms with Gasteiger partial charge < -0.3 is 20.1 Å². The van der Waals surface area contributed by atoms with E-state index in [1.165, 1.54) is 6.07 Å². The van der Waals surface area contributed by atoms with Crippen molar-refractivity contribution in [3.8, 4) is 0 Å². The lowest BCUT2D eigenvalue weighted by atomic mass is 10.2. The summed E-state index contributed by atoms with van der Waals surface area (Å²) in [5.74, 6) is -0.556. The molecule has 2 atom stereocenters. The van der Waals surface area contributed by atoms with Crippen LogP contribution < -0.4 is 10.6 Å². The Balaban J connectivity index is 1.85. The van der Waals surface area contributed by atoms with Gasteiger partial charge >= 0.3 is 0 Å². The third-order valence-corrected chi connectivity index (χ3v) is 3.40. The second-order valence-corrected chi connectivity index (χ2v) is 4.76. The molecule has 2 rings (SSSR count). The monoisotopic (exact) mass is 282 g/mol. The average molecular weight is 282 g/mol. The number of carbonyl (C=O) groups is 1. The zero-order valence-electron chi connectivity index (χ0n) is 11.6. The molecule has 20 heavy (non-hydrogen) atoms. The quantitative estimate of drug-likeness (QED) is 0.848. The summed E-state index contributed by atoms with van der Waals surface area (Å²) in [6.07, 6.45) is -0.0429. The van der Waals surface area contributed by atoms with Crippen molar-refractivity contribution in [3.05, 3.63) is 29.6 Å². The number of halogens is 1. The van der Waals surface area contributed by atoms with Crippen molar-refractivity contribution in [1.82, 2.24) is 5.32 Å². The van der Waals surface area contributed by atoms with Gasteiger partial charge in [0.25, 0.3) is 0 Å². The van der Waals surface area contributed by atoms with E-state index in [2.05, 4.69) is 10.6 Å². The molecule has 1 aliphatic heterocycles. The zero-order chi connectivity index (χ0) is 14.5. The zero-order valence-corrected chi connectivity index (χ0v) is 11.6. The van der Waals surface area contributed by atoms with Crippen LogP contribution in [0.1, 0.15) is 5.56 Å². The van der Waals surface area contributed by atoms with Crippen molar-refractivity contribution in [3.63, 3.8) is 0 Å². The van der Waals surface area contributed by atoms with Crippen LogP contribution in [0.25, 0.3) is 0 Å². The minimum absolute atomic E-state index is 0.000596. The molecule has 6 heteroatoms. The standard InChI is InChI=1S/C14H19FN2O3/c1-9-10(15)4-3-5-11(9)17-14(18)6-16-12-7-20-8-13(12)19-2/h3-5,12-13,16H,6-8H2,1-2H3,(H,17,18)/t12-,13-/m1/s1. The van der Waals surface area contributed by atoms with E-state index in [0.29, 0.717) is 24.5 Å². The summed E-state index contributed by atoms with van der Waals surface area (Å²) in [7, 11) is 1.62. The van der Waals surface area contributed by atoms with Crippen molar-refractivity contribution < 1.29 is 18.7 Å². The van der Waals surface area contributed by atoms with Crippen molar-refractivity contribution in [1.29, 1.82) is 0 Å². The highest BCUT2D eigenvalue weighted by Crippen LogP contribution is 2.17. The van der Waals surface area contributed by atoms with Crippen LogP contribution >= 0.6 is 0 Å². The summed E-state index contributed by atoms with van der Waals surface area (Å²) < 4.78 is 23.9. The Morgan fingerprint density at radius 1 is 1.50 bits per heavy atom. The van der Waals surface area contributed by atoms with Gasteiger partial charge in [-0.25, -0.2) is 4.39 Å². The van der Waals surface area contributed by atoms with E-state index in [4.69, 9.17) is 9.47 Å². The lowest BCUT2D eigenvalue weighted by Gasteiger charge is -2.17. The Hall–Kier alpha value is -1.50. The molecule has 5 nitrogen and oxygen atoms in total. The molecular formula is C14H19FN2O3. The van der Waals surface area contributed by atoms with Crippen LogP contribution in [-0.2, 0) is 14.3 Å². The molecule has 110 valence electrons. The maximum absolute atomic E-state index is 13.4. The van der Waals surface area contributed by atoms with Crippen LogP contribution in [0.5, 0.6) is 0 Å². The number of anilines is 1. The molecule has 0 bridgehead atoms. The van der Waals surface area contributed by atoms with Crippen LogP contribution in [0.15, 0.2) is 18.2 Å². The molecule has 1 heterocycles. The molecule has 1 fully saturated rings. The number of methoxy groups -OCH3 is 1. The maximum Gasteiger partial charge on any atom is 0.238 e. The fourth-order valence-corrected chi connectivity index (χ4v) is 2.12. The second kappa shape index (κ2) is 6.78. The van der Waals surface area contributed by atoms with E-state index < -0.39 is 0 Å². The number of benzene rings is 1. The van der Waals surface area contributed by atoms with Gasteiger partial charge in [0, 0.05) is 18.4 Å². The minimum Gasteiger partial charge on any atom is -0.377 e. The van der Waals surface area contributed by atoms with Gasteiger partial charge in [-0.3, -0.25) is 4.79 Å². The topological polar surface area (TPSA) is 59.6 Å². The van der Waals surface area contributed by atoms with Crippen molar-refractivity contribution >= 4 is 11.6 Å². The number of ether oxygens (including phenoxy) is 2. The highest BCUT2D eigenvalue weighted by molar-refractivity contribution is 5.92. The fourth-order valence-electron chi connectivity index (χ4n) is 2.12. The van der Waals surface area contributed by atoms with Gasteiger partial charge in [0.2, 0.25) is 5.91 Å². The molecule has 1 aromatic rings. The Morgan fingerprint density at radius 2 is 2.30 bits per heavy atom. The van der Waals surface area contributed by atoms with Gasteiger partial charge in [-0.05, 0) is 19.1 Å². The number of hydrogen-bond acceptors (Lipinski definition) is 4. The Morgan fingerprint density at radius 3 is 3.05 bits per heavy atom. The van der Waals surface area contributed by atoms with Crippen LogP contribution in [0, 0.1) is 12.7 Å². The largest absolute Gasteiger partial charge is 0.377 e. The summed E-state index contributed by atoms with van der Waals surface area (Å²) >= 11 is 0. The van der Waals surface area contributed by atoms with Crippen LogP contribution in [0.2, 0.25) is 0 Å². The minimum atomic E-state index is -0.334. The van der Waals surface area contributed by atoms with E-state index in [1.807, 2.05) is 0 Å². The molecule has 0 radical (unpaired) electrons. The van der Waals surface area contributed by atoms with Gasteiger partial charge in [0.05, 0.1) is 31.9 Å². The molecule has 0 unspecified atom stereocenters. The lowest BCUT2D eigenvalue weighted by molar-refractivity contribution is -0.115. The number of nitrogens with one attached hydrogen (secondary N) is 2. The summed E-state index contributed by atoms with van der Waals surface area (Å²) in [5.41, 5.74) is 0.919. The molecule has 1 saturated heterocycles. The average Bonchev–Trinajstić information content (AvgIpc) is 2.89. The highest BCUT2D eigenvalue weighted by Gasteiger charge is 2.28. The normalized spacial score (nSPS) is 21.9. The molecule has 0 saturated carbocycles. The van der Waals surface area contributed by atoms with Gasteiger partial charge in [-0.2, -0.15) is 0 Å². The van der Waals surface area contributed by atoms with Gasteiger partial charge in [0.15, 0.2) is 0 Å². The van der Waals surface area contributed by atoms with Crippen molar-refractivity contribution in [2.75, 3.05) is 32.2 Å². The summed E-state index contributed by atoms with van der Waals surface area (Å²) in [4.78, 5) is 11.8.